The number of hydrogen-bond donors (Lipinski definition) is 1. The molecule has 8 nitrogen and oxygen atoms in total. The first-order valence-electron chi connectivity index (χ1n) is 5.30. The molecule has 0 aliphatic rings. The minimum atomic E-state index is -0.674. The standard InChI is InChI=1S/C10H14N4O4S/c1-10(2,3)18-6(15)4-19-9-7(14(16)17)8(11)12-5-13-9/h5H,4H2,1-3H3,(H2,11,12,13). The second-order valence-corrected chi connectivity index (χ2v) is 5.51. The molecule has 9 heteroatoms. The van der Waals surface area contributed by atoms with Crippen LogP contribution in [0.15, 0.2) is 11.4 Å². The van der Waals surface area contributed by atoms with Gasteiger partial charge in [-0.2, -0.15) is 0 Å². The number of carbonyl (C=O) groups is 1. The maximum atomic E-state index is 11.5. The molecule has 0 aliphatic carbocycles. The molecule has 0 spiro atoms. The zero-order valence-corrected chi connectivity index (χ0v) is 11.6. The van der Waals surface area contributed by atoms with Crippen molar-refractivity contribution in [1.82, 2.24) is 9.97 Å². The van der Waals surface area contributed by atoms with Gasteiger partial charge in [-0.15, -0.1) is 0 Å². The third kappa shape index (κ3) is 4.70. The average molecular weight is 286 g/mol. The quantitative estimate of drug-likeness (QED) is 0.290. The van der Waals surface area contributed by atoms with Gasteiger partial charge in [0, 0.05) is 0 Å². The average Bonchev–Trinajstić information content (AvgIpc) is 2.23. The van der Waals surface area contributed by atoms with Crippen LogP contribution in [-0.4, -0.2) is 32.2 Å². The first-order valence-corrected chi connectivity index (χ1v) is 6.29. The van der Waals surface area contributed by atoms with E-state index < -0.39 is 22.2 Å². The number of carbonyl (C=O) groups excluding carboxylic acids is 1. The lowest BCUT2D eigenvalue weighted by Crippen LogP contribution is -2.25. The number of rotatable bonds is 4. The number of thioether (sulfide) groups is 1. The Bertz CT molecular complexity index is 501. The van der Waals surface area contributed by atoms with Crippen LogP contribution in [0.4, 0.5) is 11.5 Å². The van der Waals surface area contributed by atoms with Crippen molar-refractivity contribution in [2.45, 2.75) is 31.4 Å². The highest BCUT2D eigenvalue weighted by atomic mass is 32.2. The smallest absolute Gasteiger partial charge is 0.343 e. The van der Waals surface area contributed by atoms with Gasteiger partial charge in [0.25, 0.3) is 0 Å². The summed E-state index contributed by atoms with van der Waals surface area (Å²) < 4.78 is 5.09. The zero-order valence-electron chi connectivity index (χ0n) is 10.7. The fourth-order valence-corrected chi connectivity index (χ4v) is 1.90. The Balaban J connectivity index is 2.76. The van der Waals surface area contributed by atoms with E-state index in [9.17, 15) is 14.9 Å². The predicted molar refractivity (Wildman–Crippen MR) is 69.7 cm³/mol. The molecule has 0 fully saturated rings. The Morgan fingerprint density at radius 3 is 2.68 bits per heavy atom. The number of nitrogen functional groups attached to an aromatic ring is 1. The lowest BCUT2D eigenvalue weighted by atomic mass is 10.2. The predicted octanol–water partition coefficient (Wildman–Crippen LogP) is 1.40. The molecule has 0 amide bonds. The van der Waals surface area contributed by atoms with Crippen molar-refractivity contribution >= 4 is 29.2 Å². The van der Waals surface area contributed by atoms with Gasteiger partial charge in [-0.05, 0) is 20.8 Å². The maximum absolute atomic E-state index is 11.5. The molecule has 104 valence electrons. The Hall–Kier alpha value is -1.90. The summed E-state index contributed by atoms with van der Waals surface area (Å²) in [5.74, 6) is -0.801. The molecule has 1 aromatic heterocycles. The summed E-state index contributed by atoms with van der Waals surface area (Å²) in [7, 11) is 0. The lowest BCUT2D eigenvalue weighted by molar-refractivity contribution is -0.387. The SMILES string of the molecule is CC(C)(C)OC(=O)CSc1ncnc(N)c1[N+](=O)[O-]. The molecule has 19 heavy (non-hydrogen) atoms. The minimum absolute atomic E-state index is 0.0448. The number of anilines is 1. The van der Waals surface area contributed by atoms with Gasteiger partial charge in [-0.1, -0.05) is 11.8 Å². The van der Waals surface area contributed by atoms with E-state index in [4.69, 9.17) is 10.5 Å². The van der Waals surface area contributed by atoms with Crippen molar-refractivity contribution in [1.29, 1.82) is 0 Å². The van der Waals surface area contributed by atoms with E-state index in [1.54, 1.807) is 20.8 Å². The molecule has 0 saturated carbocycles. The zero-order chi connectivity index (χ0) is 14.6. The summed E-state index contributed by atoms with van der Waals surface area (Å²) in [5.41, 5.74) is 4.41. The van der Waals surface area contributed by atoms with Crippen molar-refractivity contribution in [3.63, 3.8) is 0 Å². The fraction of sp³-hybridized carbons (Fsp3) is 0.500. The molecule has 1 rings (SSSR count). The molecule has 0 bridgehead atoms. The third-order valence-corrected chi connectivity index (χ3v) is 2.70. The molecule has 1 heterocycles. The van der Waals surface area contributed by atoms with Gasteiger partial charge in [0.2, 0.25) is 5.82 Å². The van der Waals surface area contributed by atoms with E-state index in [1.165, 1.54) is 0 Å². The summed E-state index contributed by atoms with van der Waals surface area (Å²) in [4.78, 5) is 29.0. The number of hydrogen-bond acceptors (Lipinski definition) is 8. The summed E-state index contributed by atoms with van der Waals surface area (Å²) >= 11 is 0.891. The van der Waals surface area contributed by atoms with E-state index in [-0.39, 0.29) is 16.6 Å². The van der Waals surface area contributed by atoms with E-state index in [0.717, 1.165) is 18.1 Å². The minimum Gasteiger partial charge on any atom is -0.459 e. The molecule has 0 aliphatic heterocycles. The fourth-order valence-electron chi connectivity index (χ4n) is 1.15. The van der Waals surface area contributed by atoms with Crippen LogP contribution in [0.1, 0.15) is 20.8 Å². The maximum Gasteiger partial charge on any atom is 0.343 e. The van der Waals surface area contributed by atoms with Gasteiger partial charge in [-0.25, -0.2) is 9.97 Å². The van der Waals surface area contributed by atoms with Crippen molar-refractivity contribution in [2.24, 2.45) is 0 Å². The normalized spacial score (nSPS) is 11.1. The molecule has 0 aromatic carbocycles. The number of esters is 1. The highest BCUT2D eigenvalue weighted by Crippen LogP contribution is 2.30. The van der Waals surface area contributed by atoms with Crippen LogP contribution in [0, 0.1) is 10.1 Å². The molecular weight excluding hydrogens is 272 g/mol. The van der Waals surface area contributed by atoms with Crippen molar-refractivity contribution in [3.8, 4) is 0 Å². The van der Waals surface area contributed by atoms with Crippen LogP contribution in [0.2, 0.25) is 0 Å². The highest BCUT2D eigenvalue weighted by Gasteiger charge is 2.23. The Labute approximate surface area is 113 Å². The molecule has 0 saturated heterocycles. The topological polar surface area (TPSA) is 121 Å². The van der Waals surface area contributed by atoms with Crippen LogP contribution < -0.4 is 5.73 Å². The Morgan fingerprint density at radius 2 is 2.16 bits per heavy atom. The van der Waals surface area contributed by atoms with E-state index in [2.05, 4.69) is 9.97 Å². The van der Waals surface area contributed by atoms with Crippen molar-refractivity contribution in [3.05, 3.63) is 16.4 Å². The van der Waals surface area contributed by atoms with Crippen LogP contribution in [-0.2, 0) is 9.53 Å². The second kappa shape index (κ2) is 5.83. The number of nitro groups is 1. The monoisotopic (exact) mass is 286 g/mol. The summed E-state index contributed by atoms with van der Waals surface area (Å²) in [6.45, 7) is 5.21. The number of nitrogens with zero attached hydrogens (tertiary/aromatic N) is 3. The number of nitrogens with two attached hydrogens (primary N) is 1. The molecule has 1 aromatic rings. The summed E-state index contributed by atoms with van der Waals surface area (Å²) in [6, 6.07) is 0. The molecule has 0 atom stereocenters. The van der Waals surface area contributed by atoms with E-state index in [1.807, 2.05) is 0 Å². The highest BCUT2D eigenvalue weighted by molar-refractivity contribution is 8.00. The van der Waals surface area contributed by atoms with Crippen molar-refractivity contribution < 1.29 is 14.5 Å². The van der Waals surface area contributed by atoms with Crippen LogP contribution in [0.3, 0.4) is 0 Å². The second-order valence-electron chi connectivity index (χ2n) is 4.54. The lowest BCUT2D eigenvalue weighted by Gasteiger charge is -2.19. The molecule has 2 N–H and O–H groups in total. The van der Waals surface area contributed by atoms with Gasteiger partial charge in [0.15, 0.2) is 5.03 Å². The molecular formula is C10H14N4O4S. The van der Waals surface area contributed by atoms with Crippen molar-refractivity contribution in [2.75, 3.05) is 11.5 Å². The largest absolute Gasteiger partial charge is 0.459 e. The Morgan fingerprint density at radius 1 is 1.53 bits per heavy atom. The van der Waals surface area contributed by atoms with Gasteiger partial charge < -0.3 is 10.5 Å². The molecule has 0 radical (unpaired) electrons. The van der Waals surface area contributed by atoms with Crippen LogP contribution in [0.25, 0.3) is 0 Å². The summed E-state index contributed by atoms with van der Waals surface area (Å²) in [6.07, 6.45) is 1.11. The number of ether oxygens (including phenoxy) is 1. The van der Waals surface area contributed by atoms with E-state index >= 15 is 0 Å². The van der Waals surface area contributed by atoms with Gasteiger partial charge in [0.1, 0.15) is 11.9 Å². The first-order chi connectivity index (χ1) is 8.70. The van der Waals surface area contributed by atoms with E-state index in [0.29, 0.717) is 0 Å². The van der Waals surface area contributed by atoms with Gasteiger partial charge >= 0.3 is 11.7 Å². The number of aromatic nitrogens is 2. The third-order valence-electron chi connectivity index (χ3n) is 1.75. The first kappa shape index (κ1) is 15.2. The Kier molecular flexibility index (Phi) is 4.65. The van der Waals surface area contributed by atoms with Crippen LogP contribution >= 0.6 is 11.8 Å². The summed E-state index contributed by atoms with van der Waals surface area (Å²) in [5, 5.41) is 10.9. The van der Waals surface area contributed by atoms with Gasteiger partial charge in [-0.3, -0.25) is 14.9 Å². The van der Waals surface area contributed by atoms with Gasteiger partial charge in [0.05, 0.1) is 10.7 Å². The van der Waals surface area contributed by atoms with Crippen LogP contribution in [0.5, 0.6) is 0 Å². The molecule has 0 unspecified atom stereocenters.